The molecule has 0 fully saturated rings. The molecule has 0 amide bonds. The predicted octanol–water partition coefficient (Wildman–Crippen LogP) is 4.07. The van der Waals surface area contributed by atoms with Crippen LogP contribution in [-0.2, 0) is 6.42 Å². The second kappa shape index (κ2) is 8.51. The molecular formula is C15H24ClFN2. The van der Waals surface area contributed by atoms with Gasteiger partial charge in [-0.2, -0.15) is 0 Å². The average molecular weight is 287 g/mol. The first kappa shape index (κ1) is 16.4. The standard InChI is InChI=1S/C15H24ClFN2/c1-3-5-12(6-4-2)15(19-18)10-11-7-8-14(17)13(16)9-11/h7-9,12,15,19H,3-6,10,18H2,1-2H3. The van der Waals surface area contributed by atoms with Crippen LogP contribution in [0, 0.1) is 11.7 Å². The molecule has 0 radical (unpaired) electrons. The molecule has 19 heavy (non-hydrogen) atoms. The highest BCUT2D eigenvalue weighted by Crippen LogP contribution is 2.23. The van der Waals surface area contributed by atoms with Gasteiger partial charge < -0.3 is 0 Å². The van der Waals surface area contributed by atoms with Crippen molar-refractivity contribution < 1.29 is 4.39 Å². The van der Waals surface area contributed by atoms with Gasteiger partial charge in [0.05, 0.1) is 5.02 Å². The highest BCUT2D eigenvalue weighted by molar-refractivity contribution is 6.30. The fourth-order valence-corrected chi connectivity index (χ4v) is 2.77. The summed E-state index contributed by atoms with van der Waals surface area (Å²) in [6.07, 6.45) is 5.37. The number of nitrogens with two attached hydrogens (primary N) is 1. The molecule has 4 heteroatoms. The molecular weight excluding hydrogens is 263 g/mol. The number of nitrogens with one attached hydrogen (secondary N) is 1. The van der Waals surface area contributed by atoms with E-state index in [4.69, 9.17) is 17.4 Å². The largest absolute Gasteiger partial charge is 0.271 e. The third-order valence-corrected chi connectivity index (χ3v) is 3.83. The van der Waals surface area contributed by atoms with Crippen molar-refractivity contribution in [2.24, 2.45) is 11.8 Å². The van der Waals surface area contributed by atoms with Crippen molar-refractivity contribution in [3.63, 3.8) is 0 Å². The van der Waals surface area contributed by atoms with Gasteiger partial charge in [0.2, 0.25) is 0 Å². The Balaban J connectivity index is 2.75. The van der Waals surface area contributed by atoms with Crippen LogP contribution in [0.2, 0.25) is 5.02 Å². The van der Waals surface area contributed by atoms with Gasteiger partial charge in [-0.25, -0.2) is 4.39 Å². The minimum Gasteiger partial charge on any atom is -0.271 e. The summed E-state index contributed by atoms with van der Waals surface area (Å²) < 4.78 is 13.1. The third kappa shape index (κ3) is 5.09. The molecule has 0 saturated heterocycles. The van der Waals surface area contributed by atoms with E-state index in [0.29, 0.717) is 5.92 Å². The Hall–Kier alpha value is -0.640. The van der Waals surface area contributed by atoms with E-state index in [1.807, 2.05) is 0 Å². The Morgan fingerprint density at radius 1 is 1.26 bits per heavy atom. The first-order valence-electron chi connectivity index (χ1n) is 7.02. The van der Waals surface area contributed by atoms with Crippen LogP contribution >= 0.6 is 11.6 Å². The maximum absolute atomic E-state index is 13.1. The van der Waals surface area contributed by atoms with Crippen molar-refractivity contribution in [2.75, 3.05) is 0 Å². The Labute approximate surface area is 120 Å². The Morgan fingerprint density at radius 3 is 2.37 bits per heavy atom. The molecule has 1 unspecified atom stereocenters. The van der Waals surface area contributed by atoms with Gasteiger partial charge in [-0.15, -0.1) is 0 Å². The van der Waals surface area contributed by atoms with E-state index in [9.17, 15) is 4.39 Å². The number of halogens is 2. The molecule has 1 rings (SSSR count). The summed E-state index contributed by atoms with van der Waals surface area (Å²) in [4.78, 5) is 0. The zero-order chi connectivity index (χ0) is 14.3. The van der Waals surface area contributed by atoms with Crippen molar-refractivity contribution >= 4 is 11.6 Å². The highest BCUT2D eigenvalue weighted by Gasteiger charge is 2.19. The molecule has 0 spiro atoms. The Morgan fingerprint density at radius 2 is 1.89 bits per heavy atom. The zero-order valence-corrected chi connectivity index (χ0v) is 12.5. The smallest absolute Gasteiger partial charge is 0.141 e. The summed E-state index contributed by atoms with van der Waals surface area (Å²) in [7, 11) is 0. The van der Waals surface area contributed by atoms with Crippen LogP contribution in [0.15, 0.2) is 18.2 Å². The predicted molar refractivity (Wildman–Crippen MR) is 79.5 cm³/mol. The fraction of sp³-hybridized carbons (Fsp3) is 0.600. The van der Waals surface area contributed by atoms with E-state index in [1.54, 1.807) is 12.1 Å². The fourth-order valence-electron chi connectivity index (χ4n) is 2.57. The van der Waals surface area contributed by atoms with Crippen molar-refractivity contribution in [1.82, 2.24) is 5.43 Å². The van der Waals surface area contributed by atoms with Crippen molar-refractivity contribution in [3.05, 3.63) is 34.6 Å². The molecule has 1 aromatic rings. The van der Waals surface area contributed by atoms with Crippen LogP contribution < -0.4 is 11.3 Å². The van der Waals surface area contributed by atoms with E-state index in [1.165, 1.54) is 6.07 Å². The lowest BCUT2D eigenvalue weighted by molar-refractivity contribution is 0.311. The van der Waals surface area contributed by atoms with Gasteiger partial charge in [-0.3, -0.25) is 11.3 Å². The normalized spacial score (nSPS) is 12.9. The number of hydrogen-bond acceptors (Lipinski definition) is 2. The number of hydrogen-bond donors (Lipinski definition) is 2. The van der Waals surface area contributed by atoms with Gasteiger partial charge in [0.15, 0.2) is 0 Å². The van der Waals surface area contributed by atoms with Gasteiger partial charge in [-0.1, -0.05) is 44.4 Å². The SMILES string of the molecule is CCCC(CCC)C(Cc1ccc(F)c(Cl)c1)NN. The molecule has 3 N–H and O–H groups in total. The van der Waals surface area contributed by atoms with Gasteiger partial charge in [0.1, 0.15) is 5.82 Å². The van der Waals surface area contributed by atoms with E-state index in [-0.39, 0.29) is 16.9 Å². The van der Waals surface area contributed by atoms with Gasteiger partial charge in [0.25, 0.3) is 0 Å². The molecule has 2 nitrogen and oxygen atoms in total. The Bertz CT molecular complexity index is 378. The first-order valence-corrected chi connectivity index (χ1v) is 7.40. The molecule has 1 aromatic carbocycles. The van der Waals surface area contributed by atoms with Crippen molar-refractivity contribution in [2.45, 2.75) is 52.0 Å². The minimum atomic E-state index is -0.374. The average Bonchev–Trinajstić information content (AvgIpc) is 2.40. The lowest BCUT2D eigenvalue weighted by Gasteiger charge is -2.26. The van der Waals surface area contributed by atoms with Crippen LogP contribution in [-0.4, -0.2) is 6.04 Å². The van der Waals surface area contributed by atoms with Gasteiger partial charge in [0, 0.05) is 6.04 Å². The maximum atomic E-state index is 13.1. The van der Waals surface area contributed by atoms with Gasteiger partial charge in [-0.05, 0) is 42.9 Å². The highest BCUT2D eigenvalue weighted by atomic mass is 35.5. The van der Waals surface area contributed by atoms with E-state index < -0.39 is 0 Å². The molecule has 1 atom stereocenters. The van der Waals surface area contributed by atoms with Crippen LogP contribution in [0.25, 0.3) is 0 Å². The minimum absolute atomic E-state index is 0.177. The van der Waals surface area contributed by atoms with Crippen molar-refractivity contribution in [1.29, 1.82) is 0 Å². The molecule has 0 heterocycles. The summed E-state index contributed by atoms with van der Waals surface area (Å²) in [5, 5.41) is 0.177. The molecule has 0 aliphatic carbocycles. The summed E-state index contributed by atoms with van der Waals surface area (Å²) in [5.41, 5.74) is 3.94. The maximum Gasteiger partial charge on any atom is 0.141 e. The number of hydrazine groups is 1. The third-order valence-electron chi connectivity index (χ3n) is 3.54. The first-order chi connectivity index (χ1) is 9.12. The quantitative estimate of drug-likeness (QED) is 0.558. The summed E-state index contributed by atoms with van der Waals surface area (Å²) in [6, 6.07) is 5.10. The van der Waals surface area contributed by atoms with Crippen molar-refractivity contribution in [3.8, 4) is 0 Å². The van der Waals surface area contributed by atoms with Crippen LogP contribution in [0.4, 0.5) is 4.39 Å². The van der Waals surface area contributed by atoms with E-state index >= 15 is 0 Å². The summed E-state index contributed by atoms with van der Waals surface area (Å²) in [6.45, 7) is 4.37. The van der Waals surface area contributed by atoms with Crippen LogP contribution in [0.3, 0.4) is 0 Å². The summed E-state index contributed by atoms with van der Waals surface area (Å²) >= 11 is 5.82. The molecule has 0 aliphatic rings. The monoisotopic (exact) mass is 286 g/mol. The molecule has 108 valence electrons. The molecule has 0 aliphatic heterocycles. The lowest BCUT2D eigenvalue weighted by atomic mass is 9.87. The lowest BCUT2D eigenvalue weighted by Crippen LogP contribution is -2.42. The summed E-state index contributed by atoms with van der Waals surface area (Å²) in [5.74, 6) is 5.86. The molecule has 0 saturated carbocycles. The number of benzene rings is 1. The van der Waals surface area contributed by atoms with Gasteiger partial charge >= 0.3 is 0 Å². The van der Waals surface area contributed by atoms with E-state index in [2.05, 4.69) is 19.3 Å². The number of rotatable bonds is 8. The second-order valence-corrected chi connectivity index (χ2v) is 5.47. The zero-order valence-electron chi connectivity index (χ0n) is 11.8. The second-order valence-electron chi connectivity index (χ2n) is 5.06. The topological polar surface area (TPSA) is 38.0 Å². The Kier molecular flexibility index (Phi) is 7.36. The van der Waals surface area contributed by atoms with Crippen LogP contribution in [0.1, 0.15) is 45.1 Å². The van der Waals surface area contributed by atoms with Crippen LogP contribution in [0.5, 0.6) is 0 Å². The molecule has 0 aromatic heterocycles. The van der Waals surface area contributed by atoms with E-state index in [0.717, 1.165) is 37.7 Å². The molecule has 0 bridgehead atoms.